The number of carbonyl (C=O) groups is 1. The van der Waals surface area contributed by atoms with Crippen LogP contribution in [0.5, 0.6) is 0 Å². The number of benzene rings is 1. The number of piperidine rings is 1. The van der Waals surface area contributed by atoms with E-state index in [4.69, 9.17) is 0 Å². The second-order valence-electron chi connectivity index (χ2n) is 13.0. The topological polar surface area (TPSA) is 112 Å². The van der Waals surface area contributed by atoms with Gasteiger partial charge in [-0.25, -0.2) is 9.97 Å². The number of aromatic nitrogens is 4. The third kappa shape index (κ3) is 6.89. The number of amides is 1. The number of alkyl halides is 3. The van der Waals surface area contributed by atoms with Crippen LogP contribution in [0, 0.1) is 18.3 Å². The molecule has 1 saturated carbocycles. The van der Waals surface area contributed by atoms with E-state index in [0.29, 0.717) is 27.4 Å². The summed E-state index contributed by atoms with van der Waals surface area (Å²) < 4.78 is 41.1. The summed E-state index contributed by atoms with van der Waals surface area (Å²) in [6.45, 7) is 8.16. The second kappa shape index (κ2) is 13.2. The fourth-order valence-corrected chi connectivity index (χ4v) is 8.15. The van der Waals surface area contributed by atoms with Gasteiger partial charge in [0.05, 0.1) is 23.7 Å². The minimum Gasteiger partial charge on any atom is -0.367 e. The lowest BCUT2D eigenvalue weighted by atomic mass is 9.76. The van der Waals surface area contributed by atoms with Gasteiger partial charge in [0, 0.05) is 53.7 Å². The molecule has 0 unspecified atom stereocenters. The zero-order valence-electron chi connectivity index (χ0n) is 26.9. The molecule has 5 heterocycles. The number of rotatable bonds is 9. The van der Waals surface area contributed by atoms with Crippen molar-refractivity contribution in [2.24, 2.45) is 0 Å². The summed E-state index contributed by atoms with van der Waals surface area (Å²) in [5.74, 6) is 0.605. The Hall–Kier alpha value is -4.80. The van der Waals surface area contributed by atoms with Crippen LogP contribution in [0.25, 0.3) is 21.1 Å². The lowest BCUT2D eigenvalue weighted by molar-refractivity contribution is -0.126. The first-order chi connectivity index (χ1) is 23.6. The maximum Gasteiger partial charge on any atom is 0.393 e. The molecule has 49 heavy (non-hydrogen) atoms. The Morgan fingerprint density at radius 2 is 1.94 bits per heavy atom. The van der Waals surface area contributed by atoms with Crippen molar-refractivity contribution in [3.05, 3.63) is 89.0 Å². The molecule has 252 valence electrons. The van der Waals surface area contributed by atoms with Crippen LogP contribution < -0.4 is 10.6 Å². The molecule has 1 aromatic carbocycles. The summed E-state index contributed by atoms with van der Waals surface area (Å²) in [7, 11) is 0. The van der Waals surface area contributed by atoms with Gasteiger partial charge in [0.2, 0.25) is 5.91 Å². The Bertz CT molecular complexity index is 2080. The van der Waals surface area contributed by atoms with Gasteiger partial charge in [-0.3, -0.25) is 14.7 Å². The van der Waals surface area contributed by atoms with Crippen molar-refractivity contribution >= 4 is 49.9 Å². The van der Waals surface area contributed by atoms with Gasteiger partial charge in [0.1, 0.15) is 28.7 Å². The van der Waals surface area contributed by atoms with E-state index in [-0.39, 0.29) is 28.8 Å². The number of nitriles is 1. The normalized spacial score (nSPS) is 18.7. The van der Waals surface area contributed by atoms with Crippen molar-refractivity contribution in [1.29, 1.82) is 5.26 Å². The van der Waals surface area contributed by atoms with Crippen LogP contribution in [0.4, 0.5) is 24.7 Å². The SMILES string of the molecule is C=CC(=O)Nc1cncc(C2CC(n3c(C#N)cc4c(C)c(CN5CCC(Nc6ncnc7sc(CC(F)(F)F)cc67)CC5)ccc43)C2)c1. The molecule has 7 rings (SSSR count). The lowest BCUT2D eigenvalue weighted by Gasteiger charge is -2.37. The van der Waals surface area contributed by atoms with Crippen molar-refractivity contribution in [1.82, 2.24) is 24.4 Å². The average Bonchev–Trinajstić information content (AvgIpc) is 3.63. The number of thiophene rings is 1. The molecule has 5 aromatic rings. The van der Waals surface area contributed by atoms with E-state index in [1.54, 1.807) is 12.3 Å². The Morgan fingerprint density at radius 1 is 1.14 bits per heavy atom. The summed E-state index contributed by atoms with van der Waals surface area (Å²) in [5, 5.41) is 18.1. The molecule has 2 fully saturated rings. The standard InChI is InChI=1S/C36H35F3N8OS/c1-3-33(48)44-26-10-24(17-41-18-26)23-11-27(12-23)47-28(16-40)13-30-21(2)22(4-5-32(30)47)19-46-8-6-25(7-9-46)45-34-31-14-29(15-36(37,38)39)49-35(31)43-20-42-34/h3-5,10,13-14,17-18,20,23,25,27H,1,6-9,11-12,15,19H2,2H3,(H,44,48)(H,42,43,45). The summed E-state index contributed by atoms with van der Waals surface area (Å²) in [6.07, 6.45) is 4.39. The van der Waals surface area contributed by atoms with Crippen LogP contribution >= 0.6 is 11.3 Å². The lowest BCUT2D eigenvalue weighted by Crippen LogP contribution is -2.39. The molecule has 2 aliphatic rings. The summed E-state index contributed by atoms with van der Waals surface area (Å²) in [6, 6.07) is 12.6. The maximum atomic E-state index is 13.0. The molecule has 0 atom stereocenters. The first-order valence-corrected chi connectivity index (χ1v) is 17.1. The fraction of sp³-hybridized carbons (Fsp3) is 0.361. The Labute approximate surface area is 285 Å². The van der Waals surface area contributed by atoms with E-state index < -0.39 is 12.6 Å². The van der Waals surface area contributed by atoms with Crippen molar-refractivity contribution in [3.8, 4) is 6.07 Å². The van der Waals surface area contributed by atoms with Gasteiger partial charge >= 0.3 is 6.18 Å². The number of nitrogens with zero attached hydrogens (tertiary/aromatic N) is 6. The van der Waals surface area contributed by atoms with E-state index in [1.165, 1.54) is 23.5 Å². The number of pyridine rings is 1. The predicted octanol–water partition coefficient (Wildman–Crippen LogP) is 7.65. The third-order valence-electron chi connectivity index (χ3n) is 9.76. The molecule has 9 nitrogen and oxygen atoms in total. The number of hydrogen-bond donors (Lipinski definition) is 2. The average molecular weight is 685 g/mol. The van der Waals surface area contributed by atoms with Crippen LogP contribution in [0.3, 0.4) is 0 Å². The number of anilines is 2. The van der Waals surface area contributed by atoms with Crippen molar-refractivity contribution in [3.63, 3.8) is 0 Å². The highest BCUT2D eigenvalue weighted by Crippen LogP contribution is 2.47. The zero-order chi connectivity index (χ0) is 34.3. The number of carbonyl (C=O) groups excluding carboxylic acids is 1. The number of nitrogens with one attached hydrogen (secondary N) is 2. The van der Waals surface area contributed by atoms with Crippen LogP contribution in [0.15, 0.2) is 61.7 Å². The summed E-state index contributed by atoms with van der Waals surface area (Å²) in [5.41, 5.74) is 5.84. The Balaban J connectivity index is 0.991. The quantitative estimate of drug-likeness (QED) is 0.154. The number of aryl methyl sites for hydroxylation is 1. The van der Waals surface area contributed by atoms with Gasteiger partial charge in [-0.1, -0.05) is 12.6 Å². The van der Waals surface area contributed by atoms with Crippen molar-refractivity contribution in [2.45, 2.75) is 69.8 Å². The van der Waals surface area contributed by atoms with Crippen LogP contribution in [0.1, 0.15) is 64.9 Å². The van der Waals surface area contributed by atoms with E-state index in [9.17, 15) is 23.2 Å². The number of halogens is 3. The first kappa shape index (κ1) is 32.7. The minimum absolute atomic E-state index is 0.159. The highest BCUT2D eigenvalue weighted by atomic mass is 32.1. The van der Waals surface area contributed by atoms with E-state index >= 15 is 0 Å². The molecule has 1 amide bonds. The molecule has 0 spiro atoms. The first-order valence-electron chi connectivity index (χ1n) is 16.3. The highest BCUT2D eigenvalue weighted by molar-refractivity contribution is 7.18. The molecule has 1 aliphatic heterocycles. The molecular weight excluding hydrogens is 650 g/mol. The Kier molecular flexibility index (Phi) is 8.85. The molecular formula is C36H35F3N8OS. The molecule has 0 bridgehead atoms. The van der Waals surface area contributed by atoms with Crippen LogP contribution in [0.2, 0.25) is 0 Å². The highest BCUT2D eigenvalue weighted by Gasteiger charge is 2.34. The predicted molar refractivity (Wildman–Crippen MR) is 185 cm³/mol. The zero-order valence-corrected chi connectivity index (χ0v) is 27.7. The smallest absolute Gasteiger partial charge is 0.367 e. The number of likely N-dealkylation sites (tertiary alicyclic amines) is 1. The van der Waals surface area contributed by atoms with E-state index in [1.807, 2.05) is 18.3 Å². The van der Waals surface area contributed by atoms with Gasteiger partial charge in [0.15, 0.2) is 0 Å². The monoisotopic (exact) mass is 684 g/mol. The molecule has 2 N–H and O–H groups in total. The van der Waals surface area contributed by atoms with Gasteiger partial charge in [-0.2, -0.15) is 18.4 Å². The molecule has 1 saturated heterocycles. The maximum absolute atomic E-state index is 13.0. The molecule has 13 heteroatoms. The van der Waals surface area contributed by atoms with E-state index in [2.05, 4.69) is 66.8 Å². The minimum atomic E-state index is -4.26. The van der Waals surface area contributed by atoms with Gasteiger partial charge in [-0.15, -0.1) is 11.3 Å². The van der Waals surface area contributed by atoms with Gasteiger partial charge in [-0.05, 0) is 85.6 Å². The summed E-state index contributed by atoms with van der Waals surface area (Å²) in [4.78, 5) is 27.8. The molecule has 4 aromatic heterocycles. The molecule has 0 radical (unpaired) electrons. The van der Waals surface area contributed by atoms with Crippen LogP contribution in [-0.4, -0.2) is 55.6 Å². The molecule has 1 aliphatic carbocycles. The fourth-order valence-electron chi connectivity index (χ4n) is 7.13. The van der Waals surface area contributed by atoms with Crippen LogP contribution in [-0.2, 0) is 17.8 Å². The van der Waals surface area contributed by atoms with E-state index in [0.717, 1.165) is 73.1 Å². The summed E-state index contributed by atoms with van der Waals surface area (Å²) >= 11 is 1.06. The van der Waals surface area contributed by atoms with Crippen molar-refractivity contribution in [2.75, 3.05) is 23.7 Å². The van der Waals surface area contributed by atoms with Gasteiger partial charge in [0.25, 0.3) is 0 Å². The van der Waals surface area contributed by atoms with Gasteiger partial charge < -0.3 is 15.2 Å². The second-order valence-corrected chi connectivity index (χ2v) is 14.1. The third-order valence-corrected chi connectivity index (χ3v) is 10.8. The number of hydrogen-bond acceptors (Lipinski definition) is 8. The Morgan fingerprint density at radius 3 is 2.67 bits per heavy atom. The number of fused-ring (bicyclic) bond motifs is 2. The van der Waals surface area contributed by atoms with Crippen molar-refractivity contribution < 1.29 is 18.0 Å². The largest absolute Gasteiger partial charge is 0.393 e.